The summed E-state index contributed by atoms with van der Waals surface area (Å²) in [6.45, 7) is 1.92. The molecule has 4 heteroatoms. The van der Waals surface area contributed by atoms with Crippen LogP contribution in [0.3, 0.4) is 0 Å². The minimum Gasteiger partial charge on any atom is -0.376 e. The Balaban J connectivity index is 2.14. The van der Waals surface area contributed by atoms with Crippen molar-refractivity contribution in [1.29, 1.82) is 0 Å². The monoisotopic (exact) mass is 199 g/mol. The molecule has 2 rings (SSSR count). The van der Waals surface area contributed by atoms with Gasteiger partial charge in [-0.25, -0.2) is 4.98 Å². The van der Waals surface area contributed by atoms with Crippen molar-refractivity contribution >= 4 is 11.6 Å². The fraction of sp³-hybridized carbons (Fsp3) is 0.444. The maximum atomic E-state index is 5.76. The van der Waals surface area contributed by atoms with E-state index < -0.39 is 0 Å². The van der Waals surface area contributed by atoms with Gasteiger partial charge in [0.05, 0.1) is 19.8 Å². The standard InChI is InChI=1S/C9H10ClNO2/c10-9-5-7(1-2-11-9)8-6-12-3-4-13-8/h1-2,5,8H,3-4,6H2. The lowest BCUT2D eigenvalue weighted by Gasteiger charge is -2.23. The van der Waals surface area contributed by atoms with Crippen molar-refractivity contribution < 1.29 is 9.47 Å². The van der Waals surface area contributed by atoms with Gasteiger partial charge in [0.1, 0.15) is 11.3 Å². The summed E-state index contributed by atoms with van der Waals surface area (Å²) in [7, 11) is 0. The summed E-state index contributed by atoms with van der Waals surface area (Å²) >= 11 is 5.76. The molecule has 1 atom stereocenters. The second-order valence-electron chi connectivity index (χ2n) is 2.85. The number of hydrogen-bond acceptors (Lipinski definition) is 3. The Bertz CT molecular complexity index is 287. The van der Waals surface area contributed by atoms with E-state index in [0.717, 1.165) is 5.56 Å². The lowest BCUT2D eigenvalue weighted by molar-refractivity contribution is -0.0901. The number of ether oxygens (including phenoxy) is 2. The van der Waals surface area contributed by atoms with Crippen molar-refractivity contribution in [3.63, 3.8) is 0 Å². The molecule has 0 amide bonds. The van der Waals surface area contributed by atoms with Crippen LogP contribution in [0.2, 0.25) is 5.15 Å². The molecule has 0 spiro atoms. The summed E-state index contributed by atoms with van der Waals surface area (Å²) in [6, 6.07) is 3.70. The Morgan fingerprint density at radius 2 is 2.38 bits per heavy atom. The molecule has 1 aromatic rings. The number of pyridine rings is 1. The van der Waals surface area contributed by atoms with E-state index in [4.69, 9.17) is 21.1 Å². The third-order valence-corrected chi connectivity index (χ3v) is 2.15. The zero-order valence-electron chi connectivity index (χ0n) is 7.07. The number of rotatable bonds is 1. The first kappa shape index (κ1) is 8.94. The van der Waals surface area contributed by atoms with Crippen molar-refractivity contribution in [1.82, 2.24) is 4.98 Å². The average molecular weight is 200 g/mol. The SMILES string of the molecule is Clc1cc(C2COCCO2)ccn1. The van der Waals surface area contributed by atoms with E-state index in [1.807, 2.05) is 6.07 Å². The van der Waals surface area contributed by atoms with Crippen LogP contribution in [0.15, 0.2) is 18.3 Å². The molecule has 1 aromatic heterocycles. The Hall–Kier alpha value is -0.640. The highest BCUT2D eigenvalue weighted by Crippen LogP contribution is 2.21. The van der Waals surface area contributed by atoms with Crippen LogP contribution in [0.25, 0.3) is 0 Å². The summed E-state index contributed by atoms with van der Waals surface area (Å²) in [4.78, 5) is 3.90. The van der Waals surface area contributed by atoms with E-state index in [0.29, 0.717) is 25.0 Å². The van der Waals surface area contributed by atoms with Crippen LogP contribution in [-0.2, 0) is 9.47 Å². The van der Waals surface area contributed by atoms with Crippen molar-refractivity contribution in [3.05, 3.63) is 29.0 Å². The summed E-state index contributed by atoms with van der Waals surface area (Å²) in [5, 5.41) is 0.492. The third kappa shape index (κ3) is 2.18. The predicted molar refractivity (Wildman–Crippen MR) is 48.8 cm³/mol. The molecule has 0 saturated carbocycles. The largest absolute Gasteiger partial charge is 0.376 e. The zero-order chi connectivity index (χ0) is 9.10. The second-order valence-corrected chi connectivity index (χ2v) is 3.23. The molecule has 1 aliphatic rings. The first-order valence-corrected chi connectivity index (χ1v) is 4.55. The summed E-state index contributed by atoms with van der Waals surface area (Å²) < 4.78 is 10.8. The van der Waals surface area contributed by atoms with Gasteiger partial charge >= 0.3 is 0 Å². The molecule has 1 saturated heterocycles. The molecule has 0 aliphatic carbocycles. The van der Waals surface area contributed by atoms with Gasteiger partial charge in [-0.3, -0.25) is 0 Å². The minimum absolute atomic E-state index is 0.00856. The smallest absolute Gasteiger partial charge is 0.129 e. The average Bonchev–Trinajstić information content (AvgIpc) is 2.19. The van der Waals surface area contributed by atoms with Gasteiger partial charge in [0.25, 0.3) is 0 Å². The van der Waals surface area contributed by atoms with Crippen LogP contribution < -0.4 is 0 Å². The van der Waals surface area contributed by atoms with Crippen molar-refractivity contribution in [3.8, 4) is 0 Å². The molecule has 1 unspecified atom stereocenters. The van der Waals surface area contributed by atoms with E-state index >= 15 is 0 Å². The number of aromatic nitrogens is 1. The maximum Gasteiger partial charge on any atom is 0.129 e. The molecular weight excluding hydrogens is 190 g/mol. The van der Waals surface area contributed by atoms with Gasteiger partial charge in [0.2, 0.25) is 0 Å². The van der Waals surface area contributed by atoms with E-state index in [1.54, 1.807) is 12.3 Å². The van der Waals surface area contributed by atoms with Crippen LogP contribution in [0.4, 0.5) is 0 Å². The van der Waals surface area contributed by atoms with Gasteiger partial charge < -0.3 is 9.47 Å². The number of halogens is 1. The fourth-order valence-electron chi connectivity index (χ4n) is 1.30. The lowest BCUT2D eigenvalue weighted by Crippen LogP contribution is -2.21. The van der Waals surface area contributed by atoms with E-state index in [2.05, 4.69) is 4.98 Å². The summed E-state index contributed by atoms with van der Waals surface area (Å²) in [5.41, 5.74) is 1.03. The number of nitrogens with zero attached hydrogens (tertiary/aromatic N) is 1. The highest BCUT2D eigenvalue weighted by Gasteiger charge is 2.16. The van der Waals surface area contributed by atoms with Crippen molar-refractivity contribution in [2.24, 2.45) is 0 Å². The Morgan fingerprint density at radius 1 is 1.46 bits per heavy atom. The first-order valence-electron chi connectivity index (χ1n) is 4.17. The van der Waals surface area contributed by atoms with Crippen molar-refractivity contribution in [2.45, 2.75) is 6.10 Å². The second kappa shape index (κ2) is 4.05. The molecule has 0 aromatic carbocycles. The van der Waals surface area contributed by atoms with Crippen LogP contribution in [0, 0.1) is 0 Å². The van der Waals surface area contributed by atoms with Crippen LogP contribution in [0.5, 0.6) is 0 Å². The molecule has 0 N–H and O–H groups in total. The maximum absolute atomic E-state index is 5.76. The van der Waals surface area contributed by atoms with Gasteiger partial charge in [0, 0.05) is 6.20 Å². The summed E-state index contributed by atoms with van der Waals surface area (Å²) in [5.74, 6) is 0. The normalized spacial score (nSPS) is 23.0. The highest BCUT2D eigenvalue weighted by molar-refractivity contribution is 6.29. The molecule has 70 valence electrons. The molecule has 1 fully saturated rings. The Morgan fingerprint density at radius 3 is 3.08 bits per heavy atom. The van der Waals surface area contributed by atoms with Crippen LogP contribution in [-0.4, -0.2) is 24.8 Å². The van der Waals surface area contributed by atoms with Gasteiger partial charge in [-0.05, 0) is 17.7 Å². The van der Waals surface area contributed by atoms with Gasteiger partial charge in [-0.1, -0.05) is 11.6 Å². The molecule has 0 radical (unpaired) electrons. The predicted octanol–water partition coefficient (Wildman–Crippen LogP) is 1.82. The van der Waals surface area contributed by atoms with Gasteiger partial charge in [-0.2, -0.15) is 0 Å². The summed E-state index contributed by atoms with van der Waals surface area (Å²) in [6.07, 6.45) is 1.68. The highest BCUT2D eigenvalue weighted by atomic mass is 35.5. The molecule has 1 aliphatic heterocycles. The van der Waals surface area contributed by atoms with Crippen molar-refractivity contribution in [2.75, 3.05) is 19.8 Å². The molecular formula is C9H10ClNO2. The fourth-order valence-corrected chi connectivity index (χ4v) is 1.48. The van der Waals surface area contributed by atoms with E-state index in [1.165, 1.54) is 0 Å². The van der Waals surface area contributed by atoms with Crippen LogP contribution >= 0.6 is 11.6 Å². The topological polar surface area (TPSA) is 31.4 Å². The molecule has 2 heterocycles. The minimum atomic E-state index is 0.00856. The zero-order valence-corrected chi connectivity index (χ0v) is 7.83. The van der Waals surface area contributed by atoms with Crippen LogP contribution in [0.1, 0.15) is 11.7 Å². The van der Waals surface area contributed by atoms with Gasteiger partial charge in [-0.15, -0.1) is 0 Å². The Labute approximate surface area is 81.6 Å². The number of hydrogen-bond donors (Lipinski definition) is 0. The molecule has 3 nitrogen and oxygen atoms in total. The third-order valence-electron chi connectivity index (χ3n) is 1.94. The lowest BCUT2D eigenvalue weighted by atomic mass is 10.1. The quantitative estimate of drug-likeness (QED) is 0.647. The Kier molecular flexibility index (Phi) is 2.78. The first-order chi connectivity index (χ1) is 6.36. The van der Waals surface area contributed by atoms with Gasteiger partial charge in [0.15, 0.2) is 0 Å². The van der Waals surface area contributed by atoms with E-state index in [-0.39, 0.29) is 6.10 Å². The van der Waals surface area contributed by atoms with E-state index in [9.17, 15) is 0 Å². The molecule has 0 bridgehead atoms. The molecule has 13 heavy (non-hydrogen) atoms.